The summed E-state index contributed by atoms with van der Waals surface area (Å²) in [6.45, 7) is 4.24. The second kappa shape index (κ2) is 14.1. The molecule has 1 amide bonds. The number of aromatic nitrogens is 2. The number of ether oxygens (including phenoxy) is 1. The minimum absolute atomic E-state index is 0.0607. The zero-order valence-electron chi connectivity index (χ0n) is 19.0. The van der Waals surface area contributed by atoms with Gasteiger partial charge in [-0.3, -0.25) is 4.79 Å². The number of nitrogens with zero attached hydrogens (tertiary/aromatic N) is 2. The fourth-order valence-electron chi connectivity index (χ4n) is 3.38. The molecule has 0 saturated heterocycles. The van der Waals surface area contributed by atoms with Crippen molar-refractivity contribution in [3.05, 3.63) is 72.3 Å². The van der Waals surface area contributed by atoms with Crippen molar-refractivity contribution in [1.29, 1.82) is 0 Å². The third-order valence-corrected chi connectivity index (χ3v) is 5.16. The van der Waals surface area contributed by atoms with Gasteiger partial charge in [-0.2, -0.15) is 0 Å². The molecule has 2 rings (SSSR count). The first kappa shape index (κ1) is 24.3. The lowest BCUT2D eigenvalue weighted by molar-refractivity contribution is -0.117. The smallest absolute Gasteiger partial charge is 0.244 e. The van der Waals surface area contributed by atoms with Crippen LogP contribution in [0.15, 0.2) is 61.2 Å². The number of allylic oxidation sites excluding steroid dienone is 3. The summed E-state index contributed by atoms with van der Waals surface area (Å²) in [4.78, 5) is 20.3. The number of unbranched alkanes of at least 4 members (excludes halogenated alkanes) is 2. The van der Waals surface area contributed by atoms with Crippen molar-refractivity contribution in [2.75, 3.05) is 7.11 Å². The van der Waals surface area contributed by atoms with Crippen molar-refractivity contribution in [3.63, 3.8) is 0 Å². The van der Waals surface area contributed by atoms with Gasteiger partial charge in [0.05, 0.1) is 7.11 Å². The normalized spacial score (nSPS) is 12.7. The highest BCUT2D eigenvalue weighted by atomic mass is 16.5. The van der Waals surface area contributed by atoms with E-state index in [9.17, 15) is 4.79 Å². The number of benzene rings is 1. The number of aryl methyl sites for hydroxylation is 1. The summed E-state index contributed by atoms with van der Waals surface area (Å²) in [6.07, 6.45) is 18.1. The summed E-state index contributed by atoms with van der Waals surface area (Å²) >= 11 is 0. The maximum atomic E-state index is 12.3. The number of carbonyl (C=O) groups is 1. The Kier molecular flexibility index (Phi) is 11.1. The Balaban J connectivity index is 1.86. The van der Waals surface area contributed by atoms with E-state index in [2.05, 4.69) is 40.4 Å². The van der Waals surface area contributed by atoms with Gasteiger partial charge in [0.1, 0.15) is 12.1 Å². The Morgan fingerprint density at radius 2 is 1.87 bits per heavy atom. The molecule has 0 aliphatic rings. The standard InChI is InChI=1S/C26H35N3O2/c1-4-5-6-11-23(24-14-16-25(31-3)17-15-24)12-8-13-26(30)29-21(2)9-7-10-22-18-27-20-28-19-22/h8,12-21H,4-7,9-11H2,1-3H3,(H,29,30)/b13-8+,23-12+/t21-/m1/s1. The summed E-state index contributed by atoms with van der Waals surface area (Å²) in [5, 5.41) is 3.04. The Hall–Kier alpha value is -2.95. The van der Waals surface area contributed by atoms with Crippen molar-refractivity contribution in [3.8, 4) is 5.75 Å². The van der Waals surface area contributed by atoms with Gasteiger partial charge >= 0.3 is 0 Å². The number of methoxy groups -OCH3 is 1. The first-order chi connectivity index (χ1) is 15.1. The SMILES string of the molecule is CCCCC/C(=C\C=C\C(=O)N[C@H](C)CCCc1cncnc1)c1ccc(OC)cc1. The summed E-state index contributed by atoms with van der Waals surface area (Å²) < 4.78 is 5.26. The third kappa shape index (κ3) is 9.60. The second-order valence-electron chi connectivity index (χ2n) is 7.79. The lowest BCUT2D eigenvalue weighted by atomic mass is 9.99. The fraction of sp³-hybridized carbons (Fsp3) is 0.423. The molecular formula is C26H35N3O2. The van der Waals surface area contributed by atoms with Gasteiger partial charge < -0.3 is 10.1 Å². The van der Waals surface area contributed by atoms with Gasteiger partial charge in [0.2, 0.25) is 5.91 Å². The van der Waals surface area contributed by atoms with E-state index < -0.39 is 0 Å². The molecule has 31 heavy (non-hydrogen) atoms. The van der Waals surface area contributed by atoms with Gasteiger partial charge in [0, 0.05) is 24.5 Å². The second-order valence-corrected chi connectivity index (χ2v) is 7.79. The lowest BCUT2D eigenvalue weighted by Crippen LogP contribution is -2.31. The van der Waals surface area contributed by atoms with Crippen LogP contribution in [0.1, 0.15) is 63.5 Å². The number of rotatable bonds is 13. The van der Waals surface area contributed by atoms with Crippen LogP contribution in [0.4, 0.5) is 0 Å². The van der Waals surface area contributed by atoms with E-state index >= 15 is 0 Å². The Bertz CT molecular complexity index is 829. The predicted molar refractivity (Wildman–Crippen MR) is 127 cm³/mol. The molecule has 0 unspecified atom stereocenters. The Morgan fingerprint density at radius 1 is 1.13 bits per heavy atom. The van der Waals surface area contributed by atoms with Gasteiger partial charge in [0.15, 0.2) is 0 Å². The van der Waals surface area contributed by atoms with Crippen molar-refractivity contribution in [2.24, 2.45) is 0 Å². The molecule has 1 aromatic carbocycles. The van der Waals surface area contributed by atoms with Crippen LogP contribution in [-0.4, -0.2) is 29.0 Å². The van der Waals surface area contributed by atoms with E-state index in [0.29, 0.717) is 0 Å². The van der Waals surface area contributed by atoms with Gasteiger partial charge in [-0.15, -0.1) is 0 Å². The van der Waals surface area contributed by atoms with Gasteiger partial charge in [-0.1, -0.05) is 44.1 Å². The lowest BCUT2D eigenvalue weighted by Gasteiger charge is -2.12. The first-order valence-corrected chi connectivity index (χ1v) is 11.2. The van der Waals surface area contributed by atoms with Crippen molar-refractivity contribution in [2.45, 2.75) is 64.8 Å². The quantitative estimate of drug-likeness (QED) is 0.262. The van der Waals surface area contributed by atoms with E-state index in [-0.39, 0.29) is 11.9 Å². The minimum atomic E-state index is -0.0607. The first-order valence-electron chi connectivity index (χ1n) is 11.2. The molecule has 0 fully saturated rings. The topological polar surface area (TPSA) is 64.1 Å². The van der Waals surface area contributed by atoms with Gasteiger partial charge in [0.25, 0.3) is 0 Å². The molecule has 2 aromatic rings. The van der Waals surface area contributed by atoms with Crippen LogP contribution >= 0.6 is 0 Å². The highest BCUT2D eigenvalue weighted by Crippen LogP contribution is 2.23. The molecule has 0 bridgehead atoms. The van der Waals surface area contributed by atoms with E-state index in [1.807, 2.05) is 37.5 Å². The minimum Gasteiger partial charge on any atom is -0.497 e. The van der Waals surface area contributed by atoms with Crippen LogP contribution in [-0.2, 0) is 11.2 Å². The van der Waals surface area contributed by atoms with Crippen LogP contribution in [0.2, 0.25) is 0 Å². The number of carbonyl (C=O) groups excluding carboxylic acids is 1. The molecule has 166 valence electrons. The predicted octanol–water partition coefficient (Wildman–Crippen LogP) is 5.53. The molecule has 5 nitrogen and oxygen atoms in total. The van der Waals surface area contributed by atoms with Gasteiger partial charge in [-0.05, 0) is 67.9 Å². The largest absolute Gasteiger partial charge is 0.497 e. The third-order valence-electron chi connectivity index (χ3n) is 5.16. The molecule has 1 atom stereocenters. The number of hydrogen-bond acceptors (Lipinski definition) is 4. The van der Waals surface area contributed by atoms with E-state index in [4.69, 9.17) is 4.74 Å². The molecule has 5 heteroatoms. The molecule has 1 N–H and O–H groups in total. The molecule has 0 aliphatic carbocycles. The van der Waals surface area contributed by atoms with Crippen LogP contribution < -0.4 is 10.1 Å². The molecule has 1 heterocycles. The zero-order chi connectivity index (χ0) is 22.3. The molecule has 0 spiro atoms. The number of hydrogen-bond donors (Lipinski definition) is 1. The summed E-state index contributed by atoms with van der Waals surface area (Å²) in [6, 6.07) is 8.22. The summed E-state index contributed by atoms with van der Waals surface area (Å²) in [5.41, 5.74) is 3.53. The summed E-state index contributed by atoms with van der Waals surface area (Å²) in [5.74, 6) is 0.787. The van der Waals surface area contributed by atoms with Crippen LogP contribution in [0.5, 0.6) is 5.75 Å². The fourth-order valence-corrected chi connectivity index (χ4v) is 3.38. The monoisotopic (exact) mass is 421 g/mol. The number of amides is 1. The summed E-state index contributed by atoms with van der Waals surface area (Å²) in [7, 11) is 1.67. The van der Waals surface area contributed by atoms with Crippen molar-refractivity contribution >= 4 is 11.5 Å². The highest BCUT2D eigenvalue weighted by molar-refractivity contribution is 5.88. The van der Waals surface area contributed by atoms with Gasteiger partial charge in [-0.25, -0.2) is 9.97 Å². The molecule has 0 aliphatic heterocycles. The Morgan fingerprint density at radius 3 is 2.55 bits per heavy atom. The molecule has 0 radical (unpaired) electrons. The average Bonchev–Trinajstić information content (AvgIpc) is 2.79. The van der Waals surface area contributed by atoms with Crippen LogP contribution in [0.3, 0.4) is 0 Å². The van der Waals surface area contributed by atoms with E-state index in [1.54, 1.807) is 13.2 Å². The maximum absolute atomic E-state index is 12.3. The maximum Gasteiger partial charge on any atom is 0.244 e. The zero-order valence-corrected chi connectivity index (χ0v) is 19.0. The highest BCUT2D eigenvalue weighted by Gasteiger charge is 2.05. The van der Waals surface area contributed by atoms with Crippen LogP contribution in [0, 0.1) is 0 Å². The molecular weight excluding hydrogens is 386 g/mol. The Labute approximate surface area is 186 Å². The average molecular weight is 422 g/mol. The van der Waals surface area contributed by atoms with E-state index in [1.165, 1.54) is 30.3 Å². The van der Waals surface area contributed by atoms with Crippen molar-refractivity contribution < 1.29 is 9.53 Å². The van der Waals surface area contributed by atoms with Crippen molar-refractivity contribution in [1.82, 2.24) is 15.3 Å². The van der Waals surface area contributed by atoms with E-state index in [0.717, 1.165) is 43.4 Å². The molecule has 1 aromatic heterocycles. The number of nitrogens with one attached hydrogen (secondary N) is 1. The van der Waals surface area contributed by atoms with Crippen LogP contribution in [0.25, 0.3) is 5.57 Å². The molecule has 0 saturated carbocycles.